The first-order valence-corrected chi connectivity index (χ1v) is 5.66. The largest absolute Gasteiger partial charge is 0.394 e. The first kappa shape index (κ1) is 12.2. The topological polar surface area (TPSA) is 133 Å². The minimum atomic E-state index is -1.24. The number of imidazole rings is 1. The molecular weight excluding hydrogens is 256 g/mol. The molecule has 9 nitrogen and oxygen atoms in total. The number of rotatable bonds is 2. The van der Waals surface area contributed by atoms with E-state index in [1.165, 1.54) is 17.2 Å². The molecule has 19 heavy (non-hydrogen) atoms. The highest BCUT2D eigenvalue weighted by atomic mass is 16.6. The Bertz CT molecular complexity index is 653. The van der Waals surface area contributed by atoms with Gasteiger partial charge >= 0.3 is 0 Å². The van der Waals surface area contributed by atoms with Crippen LogP contribution in [0.25, 0.3) is 11.2 Å². The third-order valence-corrected chi connectivity index (χ3v) is 3.16. The van der Waals surface area contributed by atoms with Gasteiger partial charge in [-0.05, 0) is 0 Å². The molecule has 0 saturated carbocycles. The van der Waals surface area contributed by atoms with E-state index in [9.17, 15) is 15.0 Å². The van der Waals surface area contributed by atoms with Crippen LogP contribution < -0.4 is 5.56 Å². The highest BCUT2D eigenvalue weighted by Crippen LogP contribution is 2.30. The second-order valence-electron chi connectivity index (χ2n) is 4.28. The second-order valence-corrected chi connectivity index (χ2v) is 4.28. The molecule has 3 rings (SSSR count). The third-order valence-electron chi connectivity index (χ3n) is 3.16. The molecule has 2 aromatic heterocycles. The van der Waals surface area contributed by atoms with Crippen LogP contribution in [0.1, 0.15) is 6.23 Å². The van der Waals surface area contributed by atoms with Crippen molar-refractivity contribution in [1.29, 1.82) is 0 Å². The van der Waals surface area contributed by atoms with E-state index in [0.717, 1.165) is 0 Å². The molecule has 3 heterocycles. The Labute approximate surface area is 106 Å². The predicted octanol–water partition coefficient (Wildman–Crippen LogP) is -2.27. The first-order valence-electron chi connectivity index (χ1n) is 5.66. The molecule has 0 bridgehead atoms. The van der Waals surface area contributed by atoms with Gasteiger partial charge in [-0.1, -0.05) is 0 Å². The number of fused-ring (bicyclic) bond motifs is 1. The zero-order valence-corrected chi connectivity index (χ0v) is 9.67. The number of aromatic amines is 1. The van der Waals surface area contributed by atoms with Crippen LogP contribution in [0.15, 0.2) is 17.4 Å². The van der Waals surface area contributed by atoms with Crippen LogP contribution in [0.2, 0.25) is 0 Å². The fraction of sp³-hybridized carbons (Fsp3) is 0.500. The Morgan fingerprint density at radius 3 is 2.84 bits per heavy atom. The summed E-state index contributed by atoms with van der Waals surface area (Å²) in [5, 5.41) is 28.6. The smallest absolute Gasteiger partial charge is 0.278 e. The maximum Gasteiger partial charge on any atom is 0.278 e. The highest BCUT2D eigenvalue weighted by molar-refractivity contribution is 5.68. The quantitative estimate of drug-likeness (QED) is 0.482. The van der Waals surface area contributed by atoms with Crippen molar-refractivity contribution < 1.29 is 20.1 Å². The molecule has 1 fully saturated rings. The van der Waals surface area contributed by atoms with Gasteiger partial charge in [-0.2, -0.15) is 0 Å². The maximum absolute atomic E-state index is 11.5. The van der Waals surface area contributed by atoms with Crippen molar-refractivity contribution >= 4 is 11.2 Å². The van der Waals surface area contributed by atoms with E-state index in [1.54, 1.807) is 0 Å². The van der Waals surface area contributed by atoms with Crippen molar-refractivity contribution in [3.05, 3.63) is 23.0 Å². The summed E-state index contributed by atoms with van der Waals surface area (Å²) < 4.78 is 6.70. The second kappa shape index (κ2) is 4.38. The lowest BCUT2D eigenvalue weighted by Crippen LogP contribution is -2.33. The number of H-pyrrole nitrogens is 1. The standard InChI is InChI=1S/C10H12N4O5/c15-1-4-6(16)7(17)10(19-4)14-3-13-5-8(14)11-2-12-9(5)18/h2-4,6-7,10,15-17H,1H2,(H,11,12,18)/t4-,6+,7-,10-/m1/s1. The summed E-state index contributed by atoms with van der Waals surface area (Å²) in [6, 6.07) is 0. The molecule has 0 aromatic carbocycles. The number of ether oxygens (including phenoxy) is 1. The van der Waals surface area contributed by atoms with E-state index in [2.05, 4.69) is 15.0 Å². The summed E-state index contributed by atoms with van der Waals surface area (Å²) in [6.45, 7) is -0.421. The molecule has 1 saturated heterocycles. The molecule has 4 N–H and O–H groups in total. The fourth-order valence-electron chi connectivity index (χ4n) is 2.16. The Morgan fingerprint density at radius 1 is 1.37 bits per heavy atom. The maximum atomic E-state index is 11.5. The number of hydrogen-bond acceptors (Lipinski definition) is 7. The molecule has 1 aliphatic heterocycles. The van der Waals surface area contributed by atoms with Gasteiger partial charge in [0, 0.05) is 0 Å². The molecule has 0 unspecified atom stereocenters. The normalized spacial score (nSPS) is 31.1. The number of nitrogens with zero attached hydrogens (tertiary/aromatic N) is 3. The lowest BCUT2D eigenvalue weighted by Gasteiger charge is -2.16. The Morgan fingerprint density at radius 2 is 2.16 bits per heavy atom. The van der Waals surface area contributed by atoms with Gasteiger partial charge in [-0.3, -0.25) is 9.36 Å². The van der Waals surface area contributed by atoms with Crippen molar-refractivity contribution in [2.24, 2.45) is 0 Å². The summed E-state index contributed by atoms with van der Waals surface area (Å²) in [5.74, 6) is 0. The van der Waals surface area contributed by atoms with Gasteiger partial charge in [0.05, 0.1) is 19.3 Å². The average Bonchev–Trinajstić information content (AvgIpc) is 2.94. The minimum absolute atomic E-state index is 0.111. The van der Waals surface area contributed by atoms with Gasteiger partial charge in [0.15, 0.2) is 17.4 Å². The SMILES string of the molecule is O=c1[nH]cnc2c1ncn2[C@@H]1O[C@H](CO)[C@H](O)[C@H]1O. The van der Waals surface area contributed by atoms with Crippen LogP contribution >= 0.6 is 0 Å². The van der Waals surface area contributed by atoms with Gasteiger partial charge in [0.25, 0.3) is 5.56 Å². The van der Waals surface area contributed by atoms with Crippen molar-refractivity contribution in [3.8, 4) is 0 Å². The van der Waals surface area contributed by atoms with Crippen molar-refractivity contribution in [1.82, 2.24) is 19.5 Å². The van der Waals surface area contributed by atoms with Crippen LogP contribution in [-0.4, -0.2) is 59.8 Å². The van der Waals surface area contributed by atoms with E-state index >= 15 is 0 Å². The van der Waals surface area contributed by atoms with Crippen molar-refractivity contribution in [2.45, 2.75) is 24.5 Å². The minimum Gasteiger partial charge on any atom is -0.394 e. The number of hydrogen-bond donors (Lipinski definition) is 4. The van der Waals surface area contributed by atoms with Gasteiger partial charge in [-0.15, -0.1) is 0 Å². The van der Waals surface area contributed by atoms with E-state index in [4.69, 9.17) is 9.84 Å². The summed E-state index contributed by atoms with van der Waals surface area (Å²) >= 11 is 0. The van der Waals surface area contributed by atoms with E-state index in [0.29, 0.717) is 0 Å². The number of aromatic nitrogens is 4. The molecule has 4 atom stereocenters. The molecule has 0 spiro atoms. The molecule has 2 aromatic rings. The Hall–Kier alpha value is -1.81. The molecule has 0 radical (unpaired) electrons. The lowest BCUT2D eigenvalue weighted by atomic mass is 10.1. The summed E-state index contributed by atoms with van der Waals surface area (Å²) in [4.78, 5) is 21.8. The molecule has 0 aliphatic carbocycles. The van der Waals surface area contributed by atoms with Crippen LogP contribution in [0.5, 0.6) is 0 Å². The Balaban J connectivity index is 2.06. The molecular formula is C10H12N4O5. The number of nitrogens with one attached hydrogen (secondary N) is 1. The van der Waals surface area contributed by atoms with Gasteiger partial charge < -0.3 is 25.0 Å². The average molecular weight is 268 g/mol. The lowest BCUT2D eigenvalue weighted by molar-refractivity contribution is -0.0511. The van der Waals surface area contributed by atoms with Crippen LogP contribution in [0.3, 0.4) is 0 Å². The van der Waals surface area contributed by atoms with E-state index < -0.39 is 36.7 Å². The Kier molecular flexibility index (Phi) is 2.82. The van der Waals surface area contributed by atoms with Crippen molar-refractivity contribution in [3.63, 3.8) is 0 Å². The molecule has 0 amide bonds. The van der Waals surface area contributed by atoms with Crippen LogP contribution in [0, 0.1) is 0 Å². The molecule has 9 heteroatoms. The monoisotopic (exact) mass is 268 g/mol. The van der Waals surface area contributed by atoms with Crippen LogP contribution in [-0.2, 0) is 4.74 Å². The number of aliphatic hydroxyl groups is 3. The molecule has 102 valence electrons. The van der Waals surface area contributed by atoms with Gasteiger partial charge in [-0.25, -0.2) is 9.97 Å². The zero-order valence-electron chi connectivity index (χ0n) is 9.67. The summed E-state index contributed by atoms with van der Waals surface area (Å²) in [6.07, 6.45) is -1.78. The van der Waals surface area contributed by atoms with Gasteiger partial charge in [0.2, 0.25) is 0 Å². The predicted molar refractivity (Wildman–Crippen MR) is 61.2 cm³/mol. The van der Waals surface area contributed by atoms with E-state index in [-0.39, 0.29) is 11.2 Å². The van der Waals surface area contributed by atoms with Crippen molar-refractivity contribution in [2.75, 3.05) is 6.61 Å². The zero-order chi connectivity index (χ0) is 13.6. The third kappa shape index (κ3) is 1.75. The van der Waals surface area contributed by atoms with Gasteiger partial charge in [0.1, 0.15) is 18.3 Å². The van der Waals surface area contributed by atoms with E-state index in [1.807, 2.05) is 0 Å². The summed E-state index contributed by atoms with van der Waals surface area (Å²) in [5.41, 5.74) is -0.0608. The summed E-state index contributed by atoms with van der Waals surface area (Å²) in [7, 11) is 0. The highest BCUT2D eigenvalue weighted by Gasteiger charge is 2.43. The first-order chi connectivity index (χ1) is 9.13. The number of aliphatic hydroxyl groups excluding tert-OH is 3. The van der Waals surface area contributed by atoms with Crippen LogP contribution in [0.4, 0.5) is 0 Å². The molecule has 1 aliphatic rings. The fourth-order valence-corrected chi connectivity index (χ4v) is 2.16.